The van der Waals surface area contributed by atoms with Gasteiger partial charge in [0.2, 0.25) is 6.41 Å². The van der Waals surface area contributed by atoms with Crippen LogP contribution in [-0.4, -0.2) is 11.5 Å². The Morgan fingerprint density at radius 1 is 1.70 bits per heavy atom. The second kappa shape index (κ2) is 2.87. The van der Waals surface area contributed by atoms with E-state index in [0.717, 1.165) is 0 Å². The van der Waals surface area contributed by atoms with Gasteiger partial charge in [-0.3, -0.25) is 4.79 Å². The van der Waals surface area contributed by atoms with Gasteiger partial charge in [-0.15, -0.1) is 0 Å². The number of amides is 1. The van der Waals surface area contributed by atoms with Crippen molar-refractivity contribution in [2.24, 2.45) is 0 Å². The van der Waals surface area contributed by atoms with Gasteiger partial charge in [0, 0.05) is 12.1 Å². The van der Waals surface area contributed by atoms with Crippen molar-refractivity contribution in [2.75, 3.05) is 5.32 Å². The Labute approximate surface area is 58.3 Å². The van der Waals surface area contributed by atoms with Crippen LogP contribution in [0, 0.1) is 6.07 Å². The lowest BCUT2D eigenvalue weighted by molar-refractivity contribution is -0.105. The Hall–Kier alpha value is -1.51. The minimum atomic E-state index is 0.114. The fourth-order valence-electron chi connectivity index (χ4n) is 0.601. The highest BCUT2D eigenvalue weighted by molar-refractivity contribution is 5.71. The Bertz CT molecular complexity index is 235. The van der Waals surface area contributed by atoms with E-state index in [2.05, 4.69) is 11.4 Å². The fourth-order valence-corrected chi connectivity index (χ4v) is 0.601. The van der Waals surface area contributed by atoms with Gasteiger partial charge in [0.05, 0.1) is 5.69 Å². The molecular weight excluding hydrogens is 130 g/mol. The van der Waals surface area contributed by atoms with Crippen molar-refractivity contribution in [3.63, 3.8) is 0 Å². The van der Waals surface area contributed by atoms with Gasteiger partial charge < -0.3 is 10.4 Å². The monoisotopic (exact) mass is 136 g/mol. The van der Waals surface area contributed by atoms with E-state index in [1.807, 2.05) is 0 Å². The number of benzene rings is 1. The van der Waals surface area contributed by atoms with Crippen molar-refractivity contribution in [3.05, 3.63) is 24.3 Å². The molecule has 1 radical (unpaired) electrons. The third-order valence-corrected chi connectivity index (χ3v) is 1.000. The van der Waals surface area contributed by atoms with Crippen LogP contribution >= 0.6 is 0 Å². The summed E-state index contributed by atoms with van der Waals surface area (Å²) in [5, 5.41) is 11.2. The number of carbonyl (C=O) groups excluding carboxylic acids is 1. The summed E-state index contributed by atoms with van der Waals surface area (Å²) in [6, 6.07) is 7.13. The molecule has 10 heavy (non-hydrogen) atoms. The van der Waals surface area contributed by atoms with E-state index in [1.165, 1.54) is 18.2 Å². The van der Waals surface area contributed by atoms with E-state index in [9.17, 15) is 4.79 Å². The minimum Gasteiger partial charge on any atom is -0.508 e. The number of anilines is 1. The molecule has 0 saturated heterocycles. The van der Waals surface area contributed by atoms with Crippen molar-refractivity contribution in [1.29, 1.82) is 0 Å². The molecular formula is C7H6NO2. The maximum atomic E-state index is 9.87. The minimum absolute atomic E-state index is 0.114. The van der Waals surface area contributed by atoms with Gasteiger partial charge in [-0.05, 0) is 12.1 Å². The SMILES string of the molecule is O=CNc1[c]ccc(O)c1. The first-order valence-corrected chi connectivity index (χ1v) is 2.74. The molecule has 51 valence electrons. The molecule has 3 heteroatoms. The highest BCUT2D eigenvalue weighted by Gasteiger charge is 1.89. The molecule has 0 fully saturated rings. The second-order valence-corrected chi connectivity index (χ2v) is 1.72. The summed E-state index contributed by atoms with van der Waals surface area (Å²) >= 11 is 0. The van der Waals surface area contributed by atoms with E-state index >= 15 is 0 Å². The third-order valence-electron chi connectivity index (χ3n) is 1.000. The molecule has 3 nitrogen and oxygen atoms in total. The van der Waals surface area contributed by atoms with Gasteiger partial charge in [-0.2, -0.15) is 0 Å². The number of hydrogen-bond acceptors (Lipinski definition) is 2. The van der Waals surface area contributed by atoms with Crippen LogP contribution in [0.15, 0.2) is 18.2 Å². The standard InChI is InChI=1S/C7H6NO2/c9-5-8-6-2-1-3-7(10)4-6/h1,3-5,10H,(H,8,9). The molecule has 0 aliphatic rings. The lowest BCUT2D eigenvalue weighted by Gasteiger charge is -1.95. The summed E-state index contributed by atoms with van der Waals surface area (Å²) in [7, 11) is 0. The number of rotatable bonds is 2. The van der Waals surface area contributed by atoms with Gasteiger partial charge >= 0.3 is 0 Å². The molecule has 1 aromatic rings. The first-order valence-electron chi connectivity index (χ1n) is 2.74. The topological polar surface area (TPSA) is 49.3 Å². The zero-order chi connectivity index (χ0) is 7.40. The van der Waals surface area contributed by atoms with Crippen molar-refractivity contribution in [2.45, 2.75) is 0 Å². The largest absolute Gasteiger partial charge is 0.508 e. The lowest BCUT2D eigenvalue weighted by atomic mass is 10.3. The third kappa shape index (κ3) is 1.48. The number of phenolic OH excluding ortho intramolecular Hbond substituents is 1. The normalized spacial score (nSPS) is 8.80. The number of phenols is 1. The van der Waals surface area contributed by atoms with Crippen molar-refractivity contribution in [3.8, 4) is 5.75 Å². The Kier molecular flexibility index (Phi) is 1.89. The Morgan fingerprint density at radius 3 is 3.10 bits per heavy atom. The van der Waals surface area contributed by atoms with Crippen LogP contribution in [0.2, 0.25) is 0 Å². The second-order valence-electron chi connectivity index (χ2n) is 1.72. The summed E-state index contributed by atoms with van der Waals surface area (Å²) in [5.41, 5.74) is 0.468. The Balaban J connectivity index is 2.84. The van der Waals surface area contributed by atoms with Gasteiger partial charge in [-0.25, -0.2) is 0 Å². The van der Waals surface area contributed by atoms with Crippen molar-refractivity contribution in [1.82, 2.24) is 0 Å². The maximum absolute atomic E-state index is 9.87. The van der Waals surface area contributed by atoms with Crippen LogP contribution in [0.4, 0.5) is 5.69 Å². The van der Waals surface area contributed by atoms with E-state index in [-0.39, 0.29) is 5.75 Å². The molecule has 1 rings (SSSR count). The Morgan fingerprint density at radius 2 is 2.50 bits per heavy atom. The molecule has 0 saturated carbocycles. The molecule has 0 heterocycles. The summed E-state index contributed by atoms with van der Waals surface area (Å²) in [4.78, 5) is 9.87. The van der Waals surface area contributed by atoms with Gasteiger partial charge in [0.25, 0.3) is 0 Å². The summed E-state index contributed by atoms with van der Waals surface area (Å²) < 4.78 is 0. The molecule has 0 bridgehead atoms. The van der Waals surface area contributed by atoms with Gasteiger partial charge in [0.1, 0.15) is 5.75 Å². The fraction of sp³-hybridized carbons (Fsp3) is 0. The van der Waals surface area contributed by atoms with Crippen molar-refractivity contribution < 1.29 is 9.90 Å². The number of nitrogens with one attached hydrogen (secondary N) is 1. The first-order chi connectivity index (χ1) is 4.83. The molecule has 1 aromatic carbocycles. The van der Waals surface area contributed by atoms with Gasteiger partial charge in [-0.1, -0.05) is 0 Å². The van der Waals surface area contributed by atoms with E-state index in [0.29, 0.717) is 12.1 Å². The summed E-state index contributed by atoms with van der Waals surface area (Å²) in [5.74, 6) is 0.114. The van der Waals surface area contributed by atoms with Gasteiger partial charge in [0.15, 0.2) is 0 Å². The summed E-state index contributed by atoms with van der Waals surface area (Å²) in [6.45, 7) is 0. The molecule has 0 aliphatic carbocycles. The maximum Gasteiger partial charge on any atom is 0.211 e. The lowest BCUT2D eigenvalue weighted by Crippen LogP contribution is -1.92. The smallest absolute Gasteiger partial charge is 0.211 e. The molecule has 1 amide bonds. The van der Waals surface area contributed by atoms with E-state index in [1.54, 1.807) is 0 Å². The van der Waals surface area contributed by atoms with E-state index < -0.39 is 0 Å². The predicted octanol–water partition coefficient (Wildman–Crippen LogP) is 0.761. The van der Waals surface area contributed by atoms with Crippen LogP contribution in [0.25, 0.3) is 0 Å². The molecule has 0 spiro atoms. The molecule has 0 unspecified atom stereocenters. The molecule has 2 N–H and O–H groups in total. The van der Waals surface area contributed by atoms with E-state index in [4.69, 9.17) is 5.11 Å². The van der Waals surface area contributed by atoms with Crippen LogP contribution in [0.3, 0.4) is 0 Å². The molecule has 0 aliphatic heterocycles. The zero-order valence-electron chi connectivity index (χ0n) is 5.16. The number of aromatic hydroxyl groups is 1. The number of hydrogen-bond donors (Lipinski definition) is 2. The first kappa shape index (κ1) is 6.61. The van der Waals surface area contributed by atoms with Crippen molar-refractivity contribution >= 4 is 12.1 Å². The number of carbonyl (C=O) groups is 1. The molecule has 0 aromatic heterocycles. The van der Waals surface area contributed by atoms with Crippen LogP contribution in [-0.2, 0) is 4.79 Å². The van der Waals surface area contributed by atoms with Crippen LogP contribution in [0.5, 0.6) is 5.75 Å². The highest BCUT2D eigenvalue weighted by Crippen LogP contribution is 2.13. The average molecular weight is 136 g/mol. The van der Waals surface area contributed by atoms with Crippen LogP contribution in [0.1, 0.15) is 0 Å². The average Bonchev–Trinajstić information content (AvgIpc) is 1.88. The summed E-state index contributed by atoms with van der Waals surface area (Å²) in [6.07, 6.45) is 0.533. The molecule has 0 atom stereocenters. The zero-order valence-corrected chi connectivity index (χ0v) is 5.16. The quantitative estimate of drug-likeness (QED) is 0.589. The highest BCUT2D eigenvalue weighted by atomic mass is 16.3. The van der Waals surface area contributed by atoms with Crippen LogP contribution < -0.4 is 5.32 Å². The predicted molar refractivity (Wildman–Crippen MR) is 36.6 cm³/mol.